The number of carbonyl (C=O) groups excluding carboxylic acids is 1. The van der Waals surface area contributed by atoms with Gasteiger partial charge in [0.15, 0.2) is 0 Å². The van der Waals surface area contributed by atoms with Crippen LogP contribution in [0.5, 0.6) is 0 Å². The number of nitrogens with one attached hydrogen (secondary N) is 1. The van der Waals surface area contributed by atoms with Crippen molar-refractivity contribution in [2.24, 2.45) is 0 Å². The highest BCUT2D eigenvalue weighted by molar-refractivity contribution is 7.20. The van der Waals surface area contributed by atoms with Crippen molar-refractivity contribution in [3.05, 3.63) is 46.9 Å². The lowest BCUT2D eigenvalue weighted by Gasteiger charge is -2.34. The van der Waals surface area contributed by atoms with Gasteiger partial charge in [0, 0.05) is 19.1 Å². The van der Waals surface area contributed by atoms with Crippen LogP contribution in [-0.2, 0) is 4.74 Å². The predicted octanol–water partition coefficient (Wildman–Crippen LogP) is 4.40. The van der Waals surface area contributed by atoms with E-state index in [1.54, 1.807) is 25.4 Å². The normalized spacial score (nSPS) is 14.9. The van der Waals surface area contributed by atoms with Crippen LogP contribution in [0.3, 0.4) is 0 Å². The number of aryl methyl sites for hydroxylation is 1. The largest absolute Gasteiger partial charge is 0.462 e. The third-order valence-corrected chi connectivity index (χ3v) is 6.38. The first-order valence-corrected chi connectivity index (χ1v) is 10.6. The first-order chi connectivity index (χ1) is 14.1. The number of rotatable bonds is 5. The number of thiophene rings is 1. The van der Waals surface area contributed by atoms with Crippen molar-refractivity contribution in [1.29, 1.82) is 0 Å². The van der Waals surface area contributed by atoms with Crippen LogP contribution in [0, 0.1) is 12.7 Å². The van der Waals surface area contributed by atoms with Gasteiger partial charge < -0.3 is 15.0 Å². The van der Waals surface area contributed by atoms with Crippen LogP contribution in [0.25, 0.3) is 10.2 Å². The van der Waals surface area contributed by atoms with Gasteiger partial charge in [0.1, 0.15) is 27.7 Å². The molecule has 0 aliphatic carbocycles. The van der Waals surface area contributed by atoms with Crippen LogP contribution in [0.2, 0.25) is 0 Å². The number of para-hydroxylation sites is 1. The smallest absolute Gasteiger partial charge is 0.348 e. The average molecular weight is 415 g/mol. The molecule has 29 heavy (non-hydrogen) atoms. The van der Waals surface area contributed by atoms with E-state index in [0.717, 1.165) is 47.5 Å². The van der Waals surface area contributed by atoms with Crippen molar-refractivity contribution in [3.8, 4) is 0 Å². The monoisotopic (exact) mass is 414 g/mol. The summed E-state index contributed by atoms with van der Waals surface area (Å²) in [5.41, 5.74) is 1.41. The maximum Gasteiger partial charge on any atom is 0.348 e. The van der Waals surface area contributed by atoms with Crippen LogP contribution < -0.4 is 10.2 Å². The van der Waals surface area contributed by atoms with Crippen molar-refractivity contribution in [2.75, 3.05) is 29.9 Å². The van der Waals surface area contributed by atoms with Crippen molar-refractivity contribution in [2.45, 2.75) is 32.7 Å². The van der Waals surface area contributed by atoms with Crippen LogP contribution >= 0.6 is 11.3 Å². The van der Waals surface area contributed by atoms with E-state index in [-0.39, 0.29) is 17.8 Å². The molecule has 0 bridgehead atoms. The molecular formula is C21H23FN4O2S. The number of esters is 1. The molecule has 4 rings (SSSR count). The maximum atomic E-state index is 13.9. The summed E-state index contributed by atoms with van der Waals surface area (Å²) in [4.78, 5) is 24.7. The van der Waals surface area contributed by atoms with Gasteiger partial charge in [-0.05, 0) is 44.4 Å². The molecule has 1 fully saturated rings. The van der Waals surface area contributed by atoms with E-state index < -0.39 is 0 Å². The zero-order chi connectivity index (χ0) is 20.4. The molecule has 1 aliphatic heterocycles. The van der Waals surface area contributed by atoms with Gasteiger partial charge >= 0.3 is 5.97 Å². The number of hydrogen-bond acceptors (Lipinski definition) is 7. The molecular weight excluding hydrogens is 391 g/mol. The number of fused-ring (bicyclic) bond motifs is 1. The molecule has 0 atom stereocenters. The third-order valence-electron chi connectivity index (χ3n) is 5.20. The number of anilines is 2. The highest BCUT2D eigenvalue weighted by Gasteiger charge is 2.26. The Balaban J connectivity index is 1.52. The van der Waals surface area contributed by atoms with E-state index in [1.165, 1.54) is 17.4 Å². The van der Waals surface area contributed by atoms with Crippen molar-refractivity contribution < 1.29 is 13.9 Å². The Bertz CT molecular complexity index is 1030. The van der Waals surface area contributed by atoms with Gasteiger partial charge in [-0.1, -0.05) is 12.1 Å². The highest BCUT2D eigenvalue weighted by atomic mass is 32.1. The molecule has 1 aliphatic rings. The number of aromatic nitrogens is 2. The minimum absolute atomic E-state index is 0.208. The third kappa shape index (κ3) is 3.89. The molecule has 0 radical (unpaired) electrons. The van der Waals surface area contributed by atoms with Crippen LogP contribution in [0.4, 0.5) is 15.9 Å². The quantitative estimate of drug-likeness (QED) is 0.625. The van der Waals surface area contributed by atoms with Crippen LogP contribution in [0.1, 0.15) is 35.0 Å². The molecule has 6 nitrogen and oxygen atoms in total. The molecule has 152 valence electrons. The van der Waals surface area contributed by atoms with E-state index in [0.29, 0.717) is 17.2 Å². The van der Waals surface area contributed by atoms with E-state index in [9.17, 15) is 9.18 Å². The summed E-state index contributed by atoms with van der Waals surface area (Å²) in [5.74, 6) is 0.309. The van der Waals surface area contributed by atoms with Gasteiger partial charge in [0.2, 0.25) is 0 Å². The van der Waals surface area contributed by atoms with Crippen molar-refractivity contribution >= 4 is 39.0 Å². The molecule has 0 amide bonds. The van der Waals surface area contributed by atoms with E-state index in [1.807, 2.05) is 13.0 Å². The SMILES string of the molecule is CCOC(=O)c1sc2ncnc(N3CCC(Nc4ccccc4F)CC3)c2c1C. The first kappa shape index (κ1) is 19.6. The van der Waals surface area contributed by atoms with Crippen LogP contribution in [-0.4, -0.2) is 41.7 Å². The molecule has 3 aromatic rings. The fraction of sp³-hybridized carbons (Fsp3) is 0.381. The molecule has 1 N–H and O–H groups in total. The number of nitrogens with zero attached hydrogens (tertiary/aromatic N) is 3. The van der Waals surface area contributed by atoms with Gasteiger partial charge in [0.25, 0.3) is 0 Å². The number of halogens is 1. The zero-order valence-electron chi connectivity index (χ0n) is 16.4. The zero-order valence-corrected chi connectivity index (χ0v) is 17.3. The Labute approximate surface area is 172 Å². The summed E-state index contributed by atoms with van der Waals surface area (Å²) < 4.78 is 19.1. The molecule has 0 spiro atoms. The number of piperidine rings is 1. The van der Waals surface area contributed by atoms with Crippen molar-refractivity contribution in [1.82, 2.24) is 9.97 Å². The standard InChI is InChI=1S/C21H23FN4O2S/c1-3-28-21(27)18-13(2)17-19(23-12-24-20(17)29-18)26-10-8-14(9-11-26)25-16-7-5-4-6-15(16)22/h4-7,12,14,25H,3,8-11H2,1-2H3. The average Bonchev–Trinajstić information content (AvgIpc) is 3.07. The Morgan fingerprint density at radius 3 is 2.79 bits per heavy atom. The van der Waals surface area contributed by atoms with Gasteiger partial charge in [-0.25, -0.2) is 19.2 Å². The number of ether oxygens (including phenoxy) is 1. The lowest BCUT2D eigenvalue weighted by atomic mass is 10.0. The second-order valence-electron chi connectivity index (χ2n) is 7.04. The van der Waals surface area contributed by atoms with Crippen molar-refractivity contribution in [3.63, 3.8) is 0 Å². The Kier molecular flexibility index (Phi) is 5.62. The molecule has 1 aromatic carbocycles. The van der Waals surface area contributed by atoms with Gasteiger partial charge in [0.05, 0.1) is 17.7 Å². The fourth-order valence-corrected chi connectivity index (χ4v) is 4.75. The molecule has 0 saturated carbocycles. The lowest BCUT2D eigenvalue weighted by molar-refractivity contribution is 0.0531. The predicted molar refractivity (Wildman–Crippen MR) is 113 cm³/mol. The van der Waals surface area contributed by atoms with E-state index in [4.69, 9.17) is 4.74 Å². The number of carbonyl (C=O) groups is 1. The summed E-state index contributed by atoms with van der Waals surface area (Å²) >= 11 is 1.35. The molecule has 0 unspecified atom stereocenters. The van der Waals surface area contributed by atoms with Gasteiger partial charge in [-0.2, -0.15) is 0 Å². The first-order valence-electron chi connectivity index (χ1n) is 9.75. The number of benzene rings is 1. The Morgan fingerprint density at radius 2 is 2.07 bits per heavy atom. The summed E-state index contributed by atoms with van der Waals surface area (Å²) in [6, 6.07) is 6.96. The maximum absolute atomic E-state index is 13.9. The summed E-state index contributed by atoms with van der Waals surface area (Å²) in [6.45, 7) is 5.65. The Morgan fingerprint density at radius 1 is 1.31 bits per heavy atom. The second kappa shape index (κ2) is 8.32. The minimum Gasteiger partial charge on any atom is -0.462 e. The summed E-state index contributed by atoms with van der Waals surface area (Å²) in [5, 5.41) is 4.23. The molecule has 1 saturated heterocycles. The molecule has 3 heterocycles. The number of hydrogen-bond donors (Lipinski definition) is 1. The van der Waals surface area contributed by atoms with E-state index in [2.05, 4.69) is 20.2 Å². The van der Waals surface area contributed by atoms with Gasteiger partial charge in [-0.15, -0.1) is 11.3 Å². The topological polar surface area (TPSA) is 67.3 Å². The van der Waals surface area contributed by atoms with Crippen LogP contribution in [0.15, 0.2) is 30.6 Å². The Hall–Kier alpha value is -2.74. The van der Waals surface area contributed by atoms with Gasteiger partial charge in [-0.3, -0.25) is 0 Å². The minimum atomic E-state index is -0.313. The molecule has 8 heteroatoms. The molecule has 2 aromatic heterocycles. The highest BCUT2D eigenvalue weighted by Crippen LogP contribution is 2.36. The summed E-state index contributed by atoms with van der Waals surface area (Å²) in [7, 11) is 0. The second-order valence-corrected chi connectivity index (χ2v) is 8.04. The fourth-order valence-electron chi connectivity index (χ4n) is 3.72. The summed E-state index contributed by atoms with van der Waals surface area (Å²) in [6.07, 6.45) is 3.29. The lowest BCUT2D eigenvalue weighted by Crippen LogP contribution is -2.39. The van der Waals surface area contributed by atoms with E-state index >= 15 is 0 Å².